The third-order valence-electron chi connectivity index (χ3n) is 2.07. The van der Waals surface area contributed by atoms with Gasteiger partial charge in [-0.1, -0.05) is 29.8 Å². The molecule has 0 bridgehead atoms. The molecule has 0 heterocycles. The van der Waals surface area contributed by atoms with Gasteiger partial charge in [0.25, 0.3) is 0 Å². The van der Waals surface area contributed by atoms with Crippen molar-refractivity contribution in [2.45, 2.75) is 37.6 Å². The summed E-state index contributed by atoms with van der Waals surface area (Å²) < 4.78 is 11.0. The molecule has 0 aromatic heterocycles. The number of hydrogen-bond acceptors (Lipinski definition) is 2. The Balaban J connectivity index is 1.79. The zero-order chi connectivity index (χ0) is 9.68. The van der Waals surface area contributed by atoms with Gasteiger partial charge in [-0.05, 0) is 18.8 Å². The molecule has 0 aromatic carbocycles. The standard InChI is InChI=1S/C10H19BrO2/c1-8(2)7-12-3-4-13-10-5-9(11)6-10/h8-10H,3-7H2,1-2H3. The number of ether oxygens (including phenoxy) is 2. The van der Waals surface area contributed by atoms with Gasteiger partial charge in [0.05, 0.1) is 19.3 Å². The summed E-state index contributed by atoms with van der Waals surface area (Å²) in [4.78, 5) is 0.689. The van der Waals surface area contributed by atoms with Gasteiger partial charge < -0.3 is 9.47 Å². The van der Waals surface area contributed by atoms with Crippen LogP contribution in [0.25, 0.3) is 0 Å². The van der Waals surface area contributed by atoms with Gasteiger partial charge in [0.15, 0.2) is 0 Å². The van der Waals surface area contributed by atoms with Crippen LogP contribution in [0.1, 0.15) is 26.7 Å². The Hall–Kier alpha value is 0.400. The molecule has 0 saturated heterocycles. The monoisotopic (exact) mass is 250 g/mol. The van der Waals surface area contributed by atoms with Gasteiger partial charge >= 0.3 is 0 Å². The van der Waals surface area contributed by atoms with Crippen LogP contribution in [-0.2, 0) is 9.47 Å². The third kappa shape index (κ3) is 4.99. The molecule has 1 saturated carbocycles. The predicted octanol–water partition coefficient (Wildman–Crippen LogP) is 2.60. The fourth-order valence-corrected chi connectivity index (χ4v) is 2.06. The van der Waals surface area contributed by atoms with Crippen molar-refractivity contribution in [1.82, 2.24) is 0 Å². The van der Waals surface area contributed by atoms with E-state index in [0.717, 1.165) is 32.7 Å². The smallest absolute Gasteiger partial charge is 0.0704 e. The Kier molecular flexibility index (Phi) is 5.29. The first-order valence-corrected chi connectivity index (χ1v) is 5.93. The normalized spacial score (nSPS) is 27.7. The van der Waals surface area contributed by atoms with E-state index < -0.39 is 0 Å². The summed E-state index contributed by atoms with van der Waals surface area (Å²) in [5, 5.41) is 0. The number of hydrogen-bond donors (Lipinski definition) is 0. The van der Waals surface area contributed by atoms with E-state index in [4.69, 9.17) is 9.47 Å². The van der Waals surface area contributed by atoms with Gasteiger partial charge in [0.2, 0.25) is 0 Å². The second-order valence-corrected chi connectivity index (χ2v) is 5.33. The summed E-state index contributed by atoms with van der Waals surface area (Å²) in [5.74, 6) is 0.621. The molecule has 1 fully saturated rings. The molecule has 1 rings (SSSR count). The Bertz CT molecular complexity index is 133. The van der Waals surface area contributed by atoms with E-state index in [1.807, 2.05) is 0 Å². The van der Waals surface area contributed by atoms with Crippen LogP contribution in [0.4, 0.5) is 0 Å². The van der Waals surface area contributed by atoms with E-state index in [2.05, 4.69) is 29.8 Å². The SMILES string of the molecule is CC(C)COCCOC1CC(Br)C1. The first kappa shape index (κ1) is 11.5. The maximum Gasteiger partial charge on any atom is 0.0704 e. The van der Waals surface area contributed by atoms with Crippen molar-refractivity contribution in [2.24, 2.45) is 5.92 Å². The second-order valence-electron chi connectivity index (χ2n) is 4.03. The highest BCUT2D eigenvalue weighted by Gasteiger charge is 2.27. The molecule has 0 amide bonds. The quantitative estimate of drug-likeness (QED) is 0.533. The fraction of sp³-hybridized carbons (Fsp3) is 1.00. The molecular weight excluding hydrogens is 232 g/mol. The molecule has 1 aliphatic rings. The van der Waals surface area contributed by atoms with Crippen molar-refractivity contribution in [3.05, 3.63) is 0 Å². The topological polar surface area (TPSA) is 18.5 Å². The van der Waals surface area contributed by atoms with Crippen LogP contribution in [0, 0.1) is 5.92 Å². The Morgan fingerprint density at radius 1 is 1.31 bits per heavy atom. The van der Waals surface area contributed by atoms with E-state index in [1.54, 1.807) is 0 Å². The van der Waals surface area contributed by atoms with E-state index in [1.165, 1.54) is 0 Å². The Morgan fingerprint density at radius 3 is 2.54 bits per heavy atom. The molecule has 3 heteroatoms. The molecule has 0 atom stereocenters. The van der Waals surface area contributed by atoms with Gasteiger partial charge in [-0.25, -0.2) is 0 Å². The van der Waals surface area contributed by atoms with E-state index >= 15 is 0 Å². The highest BCUT2D eigenvalue weighted by atomic mass is 79.9. The van der Waals surface area contributed by atoms with Crippen molar-refractivity contribution in [3.63, 3.8) is 0 Å². The summed E-state index contributed by atoms with van der Waals surface area (Å²) >= 11 is 3.53. The molecule has 78 valence electrons. The minimum absolute atomic E-state index is 0.479. The highest BCUT2D eigenvalue weighted by Crippen LogP contribution is 2.29. The van der Waals surface area contributed by atoms with Crippen LogP contribution in [0.3, 0.4) is 0 Å². The summed E-state index contributed by atoms with van der Waals surface area (Å²) in [5.41, 5.74) is 0. The maximum atomic E-state index is 5.58. The number of alkyl halides is 1. The van der Waals surface area contributed by atoms with E-state index in [0.29, 0.717) is 16.8 Å². The molecule has 0 spiro atoms. The van der Waals surface area contributed by atoms with Crippen LogP contribution in [0.5, 0.6) is 0 Å². The molecule has 2 nitrogen and oxygen atoms in total. The van der Waals surface area contributed by atoms with Gasteiger partial charge in [-0.3, -0.25) is 0 Å². The lowest BCUT2D eigenvalue weighted by molar-refractivity contribution is -0.0285. The predicted molar refractivity (Wildman–Crippen MR) is 57.3 cm³/mol. The highest BCUT2D eigenvalue weighted by molar-refractivity contribution is 9.09. The molecule has 0 aliphatic heterocycles. The summed E-state index contributed by atoms with van der Waals surface area (Å²) in [7, 11) is 0. The van der Waals surface area contributed by atoms with Gasteiger partial charge in [-0.15, -0.1) is 0 Å². The van der Waals surface area contributed by atoms with Crippen molar-refractivity contribution in [3.8, 4) is 0 Å². The maximum absolute atomic E-state index is 5.58. The van der Waals surface area contributed by atoms with Crippen LogP contribution in [0.15, 0.2) is 0 Å². The van der Waals surface area contributed by atoms with Gasteiger partial charge in [0.1, 0.15) is 0 Å². The number of rotatable bonds is 6. The van der Waals surface area contributed by atoms with E-state index in [-0.39, 0.29) is 0 Å². The summed E-state index contributed by atoms with van der Waals surface area (Å²) in [6.45, 7) is 6.64. The zero-order valence-corrected chi connectivity index (χ0v) is 10.0. The average molecular weight is 251 g/mol. The van der Waals surface area contributed by atoms with E-state index in [9.17, 15) is 0 Å². The molecule has 0 radical (unpaired) electrons. The number of halogens is 1. The molecule has 13 heavy (non-hydrogen) atoms. The lowest BCUT2D eigenvalue weighted by Crippen LogP contribution is -2.32. The largest absolute Gasteiger partial charge is 0.379 e. The Labute approximate surface area is 89.1 Å². The van der Waals surface area contributed by atoms with Crippen LogP contribution in [-0.4, -0.2) is 30.8 Å². The first-order chi connectivity index (χ1) is 6.18. The van der Waals surface area contributed by atoms with Crippen LogP contribution < -0.4 is 0 Å². The average Bonchev–Trinajstić information content (AvgIpc) is 1.99. The molecule has 0 N–H and O–H groups in total. The van der Waals surface area contributed by atoms with Crippen molar-refractivity contribution >= 4 is 15.9 Å². The van der Waals surface area contributed by atoms with Crippen molar-refractivity contribution in [2.75, 3.05) is 19.8 Å². The lowest BCUT2D eigenvalue weighted by Gasteiger charge is -2.30. The summed E-state index contributed by atoms with van der Waals surface area (Å²) in [6, 6.07) is 0. The third-order valence-corrected chi connectivity index (χ3v) is 2.82. The molecular formula is C10H19BrO2. The summed E-state index contributed by atoms with van der Waals surface area (Å²) in [6.07, 6.45) is 2.79. The minimum Gasteiger partial charge on any atom is -0.379 e. The van der Waals surface area contributed by atoms with Crippen molar-refractivity contribution in [1.29, 1.82) is 0 Å². The fourth-order valence-electron chi connectivity index (χ4n) is 1.23. The lowest BCUT2D eigenvalue weighted by atomic mass is 9.96. The minimum atomic E-state index is 0.479. The van der Waals surface area contributed by atoms with Crippen LogP contribution in [0.2, 0.25) is 0 Å². The molecule has 0 unspecified atom stereocenters. The molecule has 0 aromatic rings. The zero-order valence-electron chi connectivity index (χ0n) is 8.46. The van der Waals surface area contributed by atoms with Crippen LogP contribution >= 0.6 is 15.9 Å². The van der Waals surface area contributed by atoms with Gasteiger partial charge in [0, 0.05) is 11.4 Å². The van der Waals surface area contributed by atoms with Gasteiger partial charge in [-0.2, -0.15) is 0 Å². The van der Waals surface area contributed by atoms with Crippen molar-refractivity contribution < 1.29 is 9.47 Å². The molecule has 1 aliphatic carbocycles. The first-order valence-electron chi connectivity index (χ1n) is 5.02. The second kappa shape index (κ2) is 5.99. The Morgan fingerprint density at radius 2 is 2.00 bits per heavy atom.